The van der Waals surface area contributed by atoms with Crippen LogP contribution in [0.2, 0.25) is 0 Å². The second kappa shape index (κ2) is 6.21. The largest absolute Gasteiger partial charge is 0.391 e. The van der Waals surface area contributed by atoms with Crippen molar-refractivity contribution >= 4 is 27.3 Å². The summed E-state index contributed by atoms with van der Waals surface area (Å²) in [6.07, 6.45) is 6.74. The van der Waals surface area contributed by atoms with E-state index in [9.17, 15) is 9.90 Å². The van der Waals surface area contributed by atoms with Crippen molar-refractivity contribution in [2.75, 3.05) is 13.1 Å². The molecule has 26 heavy (non-hydrogen) atoms. The van der Waals surface area contributed by atoms with E-state index in [-0.39, 0.29) is 18.1 Å². The molecule has 1 aliphatic heterocycles. The van der Waals surface area contributed by atoms with E-state index in [1.54, 1.807) is 23.9 Å². The van der Waals surface area contributed by atoms with Gasteiger partial charge in [-0.05, 0) is 42.2 Å². The second-order valence-electron chi connectivity index (χ2n) is 7.49. The molecule has 6 heteroatoms. The second-order valence-corrected chi connectivity index (χ2v) is 8.58. The van der Waals surface area contributed by atoms with Gasteiger partial charge in [-0.25, -0.2) is 4.98 Å². The van der Waals surface area contributed by atoms with Gasteiger partial charge in [-0.15, -0.1) is 11.3 Å². The number of hydrogen-bond donors (Lipinski definition) is 1. The quantitative estimate of drug-likeness (QED) is 0.757. The predicted octanol–water partition coefficient (Wildman–Crippen LogP) is 3.18. The summed E-state index contributed by atoms with van der Waals surface area (Å²) in [6.45, 7) is 1.54. The molecule has 1 N–H and O–H groups in total. The van der Waals surface area contributed by atoms with Crippen molar-refractivity contribution in [3.05, 3.63) is 53.9 Å². The van der Waals surface area contributed by atoms with E-state index in [1.165, 1.54) is 0 Å². The number of thiophene rings is 1. The number of rotatable bonds is 2. The number of fused-ring (bicyclic) bond motifs is 2. The molecule has 1 aromatic carbocycles. The lowest BCUT2D eigenvalue weighted by Crippen LogP contribution is -2.35. The van der Waals surface area contributed by atoms with Gasteiger partial charge in [-0.2, -0.15) is 0 Å². The number of aliphatic hydroxyl groups excluding tert-OH is 1. The molecule has 3 heterocycles. The molecule has 134 valence electrons. The van der Waals surface area contributed by atoms with Gasteiger partial charge in [0.1, 0.15) is 0 Å². The lowest BCUT2D eigenvalue weighted by molar-refractivity contribution is 0.0357. The van der Waals surface area contributed by atoms with E-state index in [0.29, 0.717) is 11.8 Å². The number of carbonyl (C=O) groups is 1. The van der Waals surface area contributed by atoms with E-state index in [0.717, 1.165) is 40.9 Å². The van der Waals surface area contributed by atoms with Gasteiger partial charge >= 0.3 is 0 Å². The van der Waals surface area contributed by atoms with Gasteiger partial charge in [0.15, 0.2) is 0 Å². The summed E-state index contributed by atoms with van der Waals surface area (Å²) in [7, 11) is 0. The highest BCUT2D eigenvalue weighted by Gasteiger charge is 2.43. The van der Waals surface area contributed by atoms with E-state index < -0.39 is 0 Å². The Hall–Kier alpha value is -2.18. The van der Waals surface area contributed by atoms with Crippen molar-refractivity contribution in [3.8, 4) is 0 Å². The summed E-state index contributed by atoms with van der Waals surface area (Å²) in [4.78, 5) is 19.9. The van der Waals surface area contributed by atoms with Crippen LogP contribution >= 0.6 is 11.3 Å². The van der Waals surface area contributed by atoms with Gasteiger partial charge in [-0.3, -0.25) is 4.79 Å². The number of aromatic nitrogens is 2. The normalized spacial score (nSPS) is 28.4. The molecule has 1 saturated heterocycles. The zero-order valence-corrected chi connectivity index (χ0v) is 15.2. The number of imidazole rings is 1. The summed E-state index contributed by atoms with van der Waals surface area (Å²) in [6, 6.07) is 10.2. The minimum absolute atomic E-state index is 0.0677. The average Bonchev–Trinajstić information content (AvgIpc) is 3.38. The van der Waals surface area contributed by atoms with Crippen LogP contribution < -0.4 is 0 Å². The zero-order valence-electron chi connectivity index (χ0n) is 14.4. The van der Waals surface area contributed by atoms with Crippen LogP contribution in [0, 0.1) is 11.8 Å². The Morgan fingerprint density at radius 3 is 2.77 bits per heavy atom. The molecule has 1 amide bonds. The van der Waals surface area contributed by atoms with Gasteiger partial charge in [0.05, 0.1) is 23.4 Å². The molecule has 4 atom stereocenters. The van der Waals surface area contributed by atoms with E-state index >= 15 is 0 Å². The molecule has 5 rings (SSSR count). The summed E-state index contributed by atoms with van der Waals surface area (Å²) in [5.74, 6) is 0.974. The van der Waals surface area contributed by atoms with Crippen molar-refractivity contribution in [2.45, 2.75) is 25.0 Å². The minimum atomic E-state index is -0.371. The topological polar surface area (TPSA) is 58.4 Å². The molecule has 2 aromatic heterocycles. The molecular weight excluding hydrogens is 346 g/mol. The fourth-order valence-electron chi connectivity index (χ4n) is 4.60. The number of hydrogen-bond acceptors (Lipinski definition) is 4. The van der Waals surface area contributed by atoms with Crippen LogP contribution in [0.3, 0.4) is 0 Å². The SMILES string of the molecule is O=C(c1cc2ccccc2s1)N1C[C@H]2C[C@@H](n3ccnc3)[C@H](O)C[C@H]2C1. The first-order valence-electron chi connectivity index (χ1n) is 9.12. The summed E-state index contributed by atoms with van der Waals surface area (Å²) in [5.41, 5.74) is 0. The van der Waals surface area contributed by atoms with Gasteiger partial charge in [0.2, 0.25) is 0 Å². The van der Waals surface area contributed by atoms with Crippen molar-refractivity contribution < 1.29 is 9.90 Å². The molecule has 5 nitrogen and oxygen atoms in total. The monoisotopic (exact) mass is 367 g/mol. The summed E-state index contributed by atoms with van der Waals surface area (Å²) in [5, 5.41) is 11.7. The Bertz CT molecular complexity index is 903. The molecule has 0 bridgehead atoms. The smallest absolute Gasteiger partial charge is 0.263 e. The lowest BCUT2D eigenvalue weighted by atomic mass is 9.77. The summed E-state index contributed by atoms with van der Waals surface area (Å²) < 4.78 is 3.17. The van der Waals surface area contributed by atoms with Crippen molar-refractivity contribution in [1.82, 2.24) is 14.5 Å². The number of likely N-dealkylation sites (tertiary alicyclic amines) is 1. The van der Waals surface area contributed by atoms with Gasteiger partial charge in [0.25, 0.3) is 5.91 Å². The molecule has 2 fully saturated rings. The van der Waals surface area contributed by atoms with E-state index in [1.807, 2.05) is 33.9 Å². The molecule has 0 radical (unpaired) electrons. The fraction of sp³-hybridized carbons (Fsp3) is 0.400. The van der Waals surface area contributed by atoms with Crippen LogP contribution in [0.25, 0.3) is 10.1 Å². The Morgan fingerprint density at radius 2 is 2.00 bits per heavy atom. The van der Waals surface area contributed by atoms with Crippen molar-refractivity contribution in [1.29, 1.82) is 0 Å². The Labute approximate surface area is 155 Å². The van der Waals surface area contributed by atoms with Gasteiger partial charge in [-0.1, -0.05) is 18.2 Å². The molecule has 3 aromatic rings. The number of amides is 1. The standard InChI is InChI=1S/C20H21N3O2S/c24-17-8-15-11-23(10-14(15)7-16(17)22-6-5-21-12-22)20(25)19-9-13-3-1-2-4-18(13)26-19/h1-6,9,12,14-17,24H,7-8,10-11H2/t14-,15+,16-,17-/m1/s1. The number of aliphatic hydroxyl groups is 1. The van der Waals surface area contributed by atoms with Crippen LogP contribution in [0.15, 0.2) is 49.1 Å². The molecule has 1 aliphatic carbocycles. The highest BCUT2D eigenvalue weighted by Crippen LogP contribution is 2.42. The maximum Gasteiger partial charge on any atom is 0.263 e. The first kappa shape index (κ1) is 16.0. The minimum Gasteiger partial charge on any atom is -0.391 e. The van der Waals surface area contributed by atoms with Crippen LogP contribution in [0.4, 0.5) is 0 Å². The highest BCUT2D eigenvalue weighted by atomic mass is 32.1. The third-order valence-corrected chi connectivity index (χ3v) is 7.04. The van der Waals surface area contributed by atoms with Crippen molar-refractivity contribution in [3.63, 3.8) is 0 Å². The fourth-order valence-corrected chi connectivity index (χ4v) is 5.63. The maximum absolute atomic E-state index is 13.0. The van der Waals surface area contributed by atoms with E-state index in [4.69, 9.17) is 0 Å². The maximum atomic E-state index is 13.0. The van der Waals surface area contributed by atoms with E-state index in [2.05, 4.69) is 17.1 Å². The molecule has 1 saturated carbocycles. The first-order chi connectivity index (χ1) is 12.7. The Kier molecular flexibility index (Phi) is 3.83. The first-order valence-corrected chi connectivity index (χ1v) is 9.94. The highest BCUT2D eigenvalue weighted by molar-refractivity contribution is 7.20. The van der Waals surface area contributed by atoms with Crippen LogP contribution in [-0.2, 0) is 0 Å². The lowest BCUT2D eigenvalue weighted by Gasteiger charge is -2.35. The number of carbonyl (C=O) groups excluding carboxylic acids is 1. The van der Waals surface area contributed by atoms with Crippen LogP contribution in [0.5, 0.6) is 0 Å². The summed E-state index contributed by atoms with van der Waals surface area (Å²) >= 11 is 1.57. The molecule has 2 aliphatic rings. The van der Waals surface area contributed by atoms with Crippen LogP contribution in [-0.4, -0.2) is 44.7 Å². The predicted molar refractivity (Wildman–Crippen MR) is 101 cm³/mol. The average molecular weight is 367 g/mol. The van der Waals surface area contributed by atoms with Gasteiger partial charge in [0, 0.05) is 30.2 Å². The van der Waals surface area contributed by atoms with Crippen LogP contribution in [0.1, 0.15) is 28.6 Å². The number of nitrogens with zero attached hydrogens (tertiary/aromatic N) is 3. The zero-order chi connectivity index (χ0) is 17.7. The Morgan fingerprint density at radius 1 is 1.19 bits per heavy atom. The third-order valence-electron chi connectivity index (χ3n) is 5.94. The number of benzene rings is 1. The molecular formula is C20H21N3O2S. The molecule has 0 unspecified atom stereocenters. The van der Waals surface area contributed by atoms with Crippen molar-refractivity contribution in [2.24, 2.45) is 11.8 Å². The molecule has 0 spiro atoms. The third kappa shape index (κ3) is 2.64. The Balaban J connectivity index is 1.34. The van der Waals surface area contributed by atoms with Gasteiger partial charge < -0.3 is 14.6 Å².